The summed E-state index contributed by atoms with van der Waals surface area (Å²) in [5, 5.41) is 13.3. The van der Waals surface area contributed by atoms with Crippen LogP contribution < -0.4 is 10.1 Å². The van der Waals surface area contributed by atoms with Crippen molar-refractivity contribution in [2.75, 3.05) is 11.9 Å². The first-order chi connectivity index (χ1) is 11.5. The van der Waals surface area contributed by atoms with Crippen LogP contribution in [-0.2, 0) is 0 Å². The molecule has 0 spiro atoms. The number of ether oxygens (including phenoxy) is 1. The van der Waals surface area contributed by atoms with Crippen LogP contribution in [0.15, 0.2) is 24.3 Å². The second-order valence-corrected chi connectivity index (χ2v) is 6.24. The van der Waals surface area contributed by atoms with Crippen molar-refractivity contribution in [3.63, 3.8) is 0 Å². The van der Waals surface area contributed by atoms with Crippen molar-refractivity contribution in [3.05, 3.63) is 40.5 Å². The summed E-state index contributed by atoms with van der Waals surface area (Å²) in [5.41, 5.74) is 1.52. The lowest BCUT2D eigenvalue weighted by Crippen LogP contribution is -1.99. The lowest BCUT2D eigenvalue weighted by Gasteiger charge is -2.09. The van der Waals surface area contributed by atoms with Gasteiger partial charge in [0.2, 0.25) is 0 Å². The van der Waals surface area contributed by atoms with Crippen LogP contribution in [0.5, 0.6) is 5.75 Å². The molecule has 3 aromatic rings. The Labute approximate surface area is 143 Å². The van der Waals surface area contributed by atoms with Crippen LogP contribution in [0.1, 0.15) is 28.0 Å². The zero-order valence-corrected chi connectivity index (χ0v) is 14.4. The quantitative estimate of drug-likeness (QED) is 0.724. The zero-order valence-electron chi connectivity index (χ0n) is 13.6. The van der Waals surface area contributed by atoms with Gasteiger partial charge in [-0.25, -0.2) is 14.8 Å². The van der Waals surface area contributed by atoms with Crippen molar-refractivity contribution in [1.82, 2.24) is 9.97 Å². The van der Waals surface area contributed by atoms with Crippen LogP contribution in [0, 0.1) is 13.8 Å². The molecule has 2 N–H and O–H groups in total. The van der Waals surface area contributed by atoms with Crippen molar-refractivity contribution in [2.45, 2.75) is 20.8 Å². The first kappa shape index (κ1) is 16.2. The SMILES string of the molecule is CCOc1ccc(Nc2nc(C)nc3sc(C(=O)O)c(C)c23)cc1. The predicted octanol–water partition coefficient (Wildman–Crippen LogP) is 4.15. The van der Waals surface area contributed by atoms with E-state index in [1.165, 1.54) is 11.3 Å². The molecule has 0 aliphatic rings. The fourth-order valence-electron chi connectivity index (χ4n) is 2.48. The Kier molecular flexibility index (Phi) is 4.35. The van der Waals surface area contributed by atoms with Crippen LogP contribution in [0.25, 0.3) is 10.2 Å². The first-order valence-electron chi connectivity index (χ1n) is 7.50. The fraction of sp³-hybridized carbons (Fsp3) is 0.235. The standard InChI is InChI=1S/C17H17N3O3S/c1-4-23-12-7-5-11(6-8-12)20-15-13-9(2)14(17(21)22)24-16(13)19-10(3)18-15/h5-8H,4H2,1-3H3,(H,21,22)(H,18,19,20). The van der Waals surface area contributed by atoms with E-state index >= 15 is 0 Å². The third-order valence-electron chi connectivity index (χ3n) is 3.52. The summed E-state index contributed by atoms with van der Waals surface area (Å²) in [6.45, 7) is 6.12. The third-order valence-corrected chi connectivity index (χ3v) is 4.70. The average molecular weight is 343 g/mol. The molecule has 0 amide bonds. The second kappa shape index (κ2) is 6.45. The number of benzene rings is 1. The first-order valence-corrected chi connectivity index (χ1v) is 8.32. The van der Waals surface area contributed by atoms with Crippen molar-refractivity contribution in [2.24, 2.45) is 0 Å². The molecule has 2 heterocycles. The normalized spacial score (nSPS) is 10.8. The number of hydrogen-bond donors (Lipinski definition) is 2. The van der Waals surface area contributed by atoms with Crippen LogP contribution >= 0.6 is 11.3 Å². The average Bonchev–Trinajstić information content (AvgIpc) is 2.86. The molecule has 3 rings (SSSR count). The van der Waals surface area contributed by atoms with Crippen molar-refractivity contribution in [1.29, 1.82) is 0 Å². The van der Waals surface area contributed by atoms with E-state index in [9.17, 15) is 9.90 Å². The zero-order chi connectivity index (χ0) is 17.3. The number of carbonyl (C=O) groups is 1. The molecule has 1 aromatic carbocycles. The Morgan fingerprint density at radius 1 is 1.25 bits per heavy atom. The molecule has 0 saturated carbocycles. The molecule has 0 fully saturated rings. The number of hydrogen-bond acceptors (Lipinski definition) is 6. The molecule has 0 aliphatic heterocycles. The number of nitrogens with zero attached hydrogens (tertiary/aromatic N) is 2. The van der Waals surface area contributed by atoms with Gasteiger partial charge in [0.25, 0.3) is 0 Å². The number of aromatic nitrogens is 2. The Morgan fingerprint density at radius 2 is 1.96 bits per heavy atom. The lowest BCUT2D eigenvalue weighted by molar-refractivity contribution is 0.0701. The Bertz CT molecular complexity index is 904. The van der Waals surface area contributed by atoms with Gasteiger partial charge in [-0.3, -0.25) is 0 Å². The molecule has 0 aliphatic carbocycles. The van der Waals surface area contributed by atoms with Gasteiger partial charge in [-0.15, -0.1) is 11.3 Å². The number of aromatic carboxylic acids is 1. The maximum Gasteiger partial charge on any atom is 0.346 e. The highest BCUT2D eigenvalue weighted by atomic mass is 32.1. The highest BCUT2D eigenvalue weighted by molar-refractivity contribution is 7.20. The smallest absolute Gasteiger partial charge is 0.346 e. The lowest BCUT2D eigenvalue weighted by atomic mass is 10.2. The van der Waals surface area contributed by atoms with E-state index < -0.39 is 5.97 Å². The van der Waals surface area contributed by atoms with Crippen molar-refractivity contribution < 1.29 is 14.6 Å². The summed E-state index contributed by atoms with van der Waals surface area (Å²) in [7, 11) is 0. The summed E-state index contributed by atoms with van der Waals surface area (Å²) in [4.78, 5) is 21.1. The molecule has 0 saturated heterocycles. The molecule has 124 valence electrons. The van der Waals surface area contributed by atoms with E-state index in [1.807, 2.05) is 31.2 Å². The molecule has 6 nitrogen and oxygen atoms in total. The Morgan fingerprint density at radius 3 is 2.58 bits per heavy atom. The van der Waals surface area contributed by atoms with Crippen LogP contribution in [0.4, 0.5) is 11.5 Å². The minimum Gasteiger partial charge on any atom is -0.494 e. The van der Waals surface area contributed by atoms with Gasteiger partial charge in [-0.1, -0.05) is 0 Å². The van der Waals surface area contributed by atoms with E-state index in [0.29, 0.717) is 33.5 Å². The van der Waals surface area contributed by atoms with E-state index in [2.05, 4.69) is 15.3 Å². The minimum absolute atomic E-state index is 0.291. The summed E-state index contributed by atoms with van der Waals surface area (Å²) >= 11 is 1.17. The molecule has 0 radical (unpaired) electrons. The number of nitrogens with one attached hydrogen (secondary N) is 1. The number of carboxylic acid groups (broad SMARTS) is 1. The number of aryl methyl sites for hydroxylation is 2. The van der Waals surface area contributed by atoms with Gasteiger partial charge >= 0.3 is 5.97 Å². The molecule has 24 heavy (non-hydrogen) atoms. The topological polar surface area (TPSA) is 84.3 Å². The van der Waals surface area contributed by atoms with E-state index in [4.69, 9.17) is 4.74 Å². The minimum atomic E-state index is -0.944. The van der Waals surface area contributed by atoms with Gasteiger partial charge in [0.1, 0.15) is 27.1 Å². The molecular weight excluding hydrogens is 326 g/mol. The molecular formula is C17H17N3O3S. The third kappa shape index (κ3) is 3.03. The van der Waals surface area contributed by atoms with Gasteiger partial charge in [0.15, 0.2) is 0 Å². The summed E-state index contributed by atoms with van der Waals surface area (Å²) in [5.74, 6) is 1.06. The Balaban J connectivity index is 2.03. The summed E-state index contributed by atoms with van der Waals surface area (Å²) in [6.07, 6.45) is 0. The van der Waals surface area contributed by atoms with Crippen LogP contribution in [-0.4, -0.2) is 27.7 Å². The van der Waals surface area contributed by atoms with Crippen LogP contribution in [0.3, 0.4) is 0 Å². The summed E-state index contributed by atoms with van der Waals surface area (Å²) < 4.78 is 5.43. The highest BCUT2D eigenvalue weighted by Gasteiger charge is 2.19. The largest absolute Gasteiger partial charge is 0.494 e. The molecule has 7 heteroatoms. The number of fused-ring (bicyclic) bond motifs is 1. The maximum atomic E-state index is 11.4. The molecule has 0 unspecified atom stereocenters. The molecule has 0 atom stereocenters. The molecule has 2 aromatic heterocycles. The van der Waals surface area contributed by atoms with Gasteiger partial charge < -0.3 is 15.2 Å². The number of rotatable bonds is 5. The fourth-order valence-corrected chi connectivity index (χ4v) is 3.54. The summed E-state index contributed by atoms with van der Waals surface area (Å²) in [6, 6.07) is 7.54. The molecule has 0 bridgehead atoms. The van der Waals surface area contributed by atoms with Crippen LogP contribution in [0.2, 0.25) is 0 Å². The second-order valence-electron chi connectivity index (χ2n) is 5.24. The predicted molar refractivity (Wildman–Crippen MR) is 94.7 cm³/mol. The van der Waals surface area contributed by atoms with Gasteiger partial charge in [-0.2, -0.15) is 0 Å². The monoisotopic (exact) mass is 343 g/mol. The maximum absolute atomic E-state index is 11.4. The van der Waals surface area contributed by atoms with E-state index in [0.717, 1.165) is 16.8 Å². The van der Waals surface area contributed by atoms with Gasteiger partial charge in [-0.05, 0) is 50.6 Å². The van der Waals surface area contributed by atoms with E-state index in [-0.39, 0.29) is 0 Å². The Hall–Kier alpha value is -2.67. The van der Waals surface area contributed by atoms with E-state index in [1.54, 1.807) is 13.8 Å². The van der Waals surface area contributed by atoms with Crippen molar-refractivity contribution in [3.8, 4) is 5.75 Å². The highest BCUT2D eigenvalue weighted by Crippen LogP contribution is 2.35. The number of anilines is 2. The van der Waals surface area contributed by atoms with Crippen molar-refractivity contribution >= 4 is 39.0 Å². The van der Waals surface area contributed by atoms with Gasteiger partial charge in [0.05, 0.1) is 12.0 Å². The number of thiophene rings is 1. The number of carboxylic acids is 1. The van der Waals surface area contributed by atoms with Gasteiger partial charge in [0, 0.05) is 5.69 Å².